The number of hydrogen-bond donors (Lipinski definition) is 2. The first-order valence-corrected chi connectivity index (χ1v) is 6.41. The van der Waals surface area contributed by atoms with Crippen LogP contribution in [0.2, 0.25) is 0 Å². The molecule has 0 fully saturated rings. The topological polar surface area (TPSA) is 88.8 Å². The predicted molar refractivity (Wildman–Crippen MR) is 74.2 cm³/mol. The van der Waals surface area contributed by atoms with E-state index in [-0.39, 0.29) is 11.1 Å². The van der Waals surface area contributed by atoms with Gasteiger partial charge in [0.05, 0.1) is 21.3 Å². The lowest BCUT2D eigenvalue weighted by atomic mass is 10.1. The van der Waals surface area contributed by atoms with Crippen molar-refractivity contribution >= 4 is 28.1 Å². The van der Waals surface area contributed by atoms with Crippen molar-refractivity contribution in [2.75, 3.05) is 0 Å². The van der Waals surface area contributed by atoms with Gasteiger partial charge in [0.25, 0.3) is 11.5 Å². The third-order valence-electron chi connectivity index (χ3n) is 2.76. The molecule has 3 aromatic rings. The Bertz CT molecular complexity index is 822. The Balaban J connectivity index is 2.38. The molecule has 0 radical (unpaired) electrons. The lowest BCUT2D eigenvalue weighted by Gasteiger charge is -2.04. The number of benzene rings is 1. The van der Waals surface area contributed by atoms with Gasteiger partial charge in [-0.15, -0.1) is 11.3 Å². The minimum atomic E-state index is -0.596. The summed E-state index contributed by atoms with van der Waals surface area (Å²) in [6.45, 7) is 0. The number of rotatable bonds is 2. The lowest BCUT2D eigenvalue weighted by molar-refractivity contribution is 0.100. The molecule has 0 bridgehead atoms. The van der Waals surface area contributed by atoms with Crippen LogP contribution in [0.5, 0.6) is 0 Å². The normalized spacial score (nSPS) is 10.7. The predicted octanol–water partition coefficient (Wildman–Crippen LogP) is 1.75. The Morgan fingerprint density at radius 1 is 1.26 bits per heavy atom. The molecule has 0 unspecified atom stereocenters. The van der Waals surface area contributed by atoms with Crippen LogP contribution in [0.1, 0.15) is 10.4 Å². The minimum Gasteiger partial charge on any atom is -0.366 e. The van der Waals surface area contributed by atoms with E-state index in [4.69, 9.17) is 5.73 Å². The van der Waals surface area contributed by atoms with E-state index in [0.717, 1.165) is 4.88 Å². The Morgan fingerprint density at radius 3 is 2.79 bits per heavy atom. The van der Waals surface area contributed by atoms with E-state index >= 15 is 0 Å². The number of primary amides is 1. The Kier molecular flexibility index (Phi) is 2.64. The van der Waals surface area contributed by atoms with Gasteiger partial charge >= 0.3 is 0 Å². The number of fused-ring (bicyclic) bond motifs is 1. The monoisotopic (exact) mass is 271 g/mol. The summed E-state index contributed by atoms with van der Waals surface area (Å²) < 4.78 is 0. The number of amides is 1. The summed E-state index contributed by atoms with van der Waals surface area (Å²) in [4.78, 5) is 31.3. The zero-order valence-corrected chi connectivity index (χ0v) is 10.5. The molecule has 0 aliphatic heterocycles. The highest BCUT2D eigenvalue weighted by Gasteiger charge is 2.12. The van der Waals surface area contributed by atoms with Gasteiger partial charge in [-0.25, -0.2) is 4.98 Å². The van der Waals surface area contributed by atoms with Crippen LogP contribution >= 0.6 is 11.3 Å². The molecule has 2 heterocycles. The van der Waals surface area contributed by atoms with Crippen molar-refractivity contribution in [1.29, 1.82) is 0 Å². The smallest absolute Gasteiger partial charge is 0.259 e. The average molecular weight is 271 g/mol. The van der Waals surface area contributed by atoms with Gasteiger partial charge in [-0.05, 0) is 23.6 Å². The Morgan fingerprint density at radius 2 is 2.11 bits per heavy atom. The average Bonchev–Trinajstić information content (AvgIpc) is 2.91. The van der Waals surface area contributed by atoms with Gasteiger partial charge in [-0.3, -0.25) is 9.59 Å². The molecule has 2 aromatic heterocycles. The van der Waals surface area contributed by atoms with Crippen LogP contribution in [-0.4, -0.2) is 15.9 Å². The van der Waals surface area contributed by atoms with Crippen molar-refractivity contribution in [2.24, 2.45) is 5.73 Å². The Hall–Kier alpha value is -2.47. The molecule has 5 nitrogen and oxygen atoms in total. The second kappa shape index (κ2) is 4.33. The highest BCUT2D eigenvalue weighted by Crippen LogP contribution is 2.22. The van der Waals surface area contributed by atoms with Crippen LogP contribution in [0.15, 0.2) is 40.5 Å². The van der Waals surface area contributed by atoms with Crippen LogP contribution in [0.25, 0.3) is 21.6 Å². The van der Waals surface area contributed by atoms with Crippen molar-refractivity contribution in [3.8, 4) is 10.7 Å². The zero-order valence-electron chi connectivity index (χ0n) is 9.71. The summed E-state index contributed by atoms with van der Waals surface area (Å²) in [5.74, 6) is -0.151. The number of thiophene rings is 1. The first-order valence-electron chi connectivity index (χ1n) is 5.53. The quantitative estimate of drug-likeness (QED) is 0.744. The van der Waals surface area contributed by atoms with E-state index in [2.05, 4.69) is 9.97 Å². The third-order valence-corrected chi connectivity index (χ3v) is 3.63. The van der Waals surface area contributed by atoms with E-state index < -0.39 is 5.91 Å². The van der Waals surface area contributed by atoms with E-state index in [9.17, 15) is 9.59 Å². The molecule has 94 valence electrons. The van der Waals surface area contributed by atoms with Gasteiger partial charge in [0, 0.05) is 0 Å². The first kappa shape index (κ1) is 11.6. The molecule has 0 aliphatic rings. The molecule has 0 aliphatic carbocycles. The summed E-state index contributed by atoms with van der Waals surface area (Å²) >= 11 is 1.46. The molecule has 3 N–H and O–H groups in total. The van der Waals surface area contributed by atoms with Gasteiger partial charge < -0.3 is 10.7 Å². The van der Waals surface area contributed by atoms with Crippen molar-refractivity contribution in [3.63, 3.8) is 0 Å². The van der Waals surface area contributed by atoms with E-state index in [1.54, 1.807) is 18.2 Å². The molecule has 0 atom stereocenters. The number of aromatic nitrogens is 2. The second-order valence-electron chi connectivity index (χ2n) is 3.96. The number of carbonyl (C=O) groups excluding carboxylic acids is 1. The highest BCUT2D eigenvalue weighted by atomic mass is 32.1. The molecular weight excluding hydrogens is 262 g/mol. The van der Waals surface area contributed by atoms with E-state index in [1.165, 1.54) is 11.3 Å². The van der Waals surface area contributed by atoms with Crippen LogP contribution < -0.4 is 11.3 Å². The summed E-state index contributed by atoms with van der Waals surface area (Å²) in [7, 11) is 0. The number of para-hydroxylation sites is 1. The van der Waals surface area contributed by atoms with Gasteiger partial charge in [0.2, 0.25) is 0 Å². The zero-order chi connectivity index (χ0) is 13.4. The maximum absolute atomic E-state index is 12.0. The fourth-order valence-corrected chi connectivity index (χ4v) is 2.56. The fourth-order valence-electron chi connectivity index (χ4n) is 1.89. The lowest BCUT2D eigenvalue weighted by Crippen LogP contribution is -2.16. The first-order chi connectivity index (χ1) is 9.16. The molecule has 0 saturated carbocycles. The Labute approximate surface area is 111 Å². The largest absolute Gasteiger partial charge is 0.366 e. The van der Waals surface area contributed by atoms with Crippen molar-refractivity contribution < 1.29 is 4.79 Å². The fraction of sp³-hybridized carbons (Fsp3) is 0. The number of nitrogens with one attached hydrogen (secondary N) is 1. The van der Waals surface area contributed by atoms with Crippen molar-refractivity contribution in [2.45, 2.75) is 0 Å². The van der Waals surface area contributed by atoms with Gasteiger partial charge in [-0.1, -0.05) is 12.1 Å². The van der Waals surface area contributed by atoms with Crippen LogP contribution in [0.3, 0.4) is 0 Å². The summed E-state index contributed by atoms with van der Waals surface area (Å²) in [5.41, 5.74) is 5.62. The third kappa shape index (κ3) is 1.92. The molecule has 1 aromatic carbocycles. The molecule has 0 spiro atoms. The standard InChI is InChI=1S/C13H9N3O2S/c14-11(17)7-3-1-4-8-10(7)15-12(16-13(8)18)9-5-2-6-19-9/h1-6H,(H2,14,17)(H,15,16,18). The maximum Gasteiger partial charge on any atom is 0.259 e. The number of nitrogens with zero attached hydrogens (tertiary/aromatic N) is 1. The summed E-state index contributed by atoms with van der Waals surface area (Å²) in [5, 5.41) is 2.25. The number of hydrogen-bond acceptors (Lipinski definition) is 4. The van der Waals surface area contributed by atoms with E-state index in [1.807, 2.05) is 17.5 Å². The van der Waals surface area contributed by atoms with Gasteiger partial charge in [0.15, 0.2) is 5.82 Å². The molecule has 19 heavy (non-hydrogen) atoms. The second-order valence-corrected chi connectivity index (χ2v) is 4.91. The minimum absolute atomic E-state index is 0.251. The summed E-state index contributed by atoms with van der Waals surface area (Å²) in [6.07, 6.45) is 0. The van der Waals surface area contributed by atoms with E-state index in [0.29, 0.717) is 16.7 Å². The van der Waals surface area contributed by atoms with Gasteiger partial charge in [-0.2, -0.15) is 0 Å². The molecule has 1 amide bonds. The summed E-state index contributed by atoms with van der Waals surface area (Å²) in [6, 6.07) is 8.51. The van der Waals surface area contributed by atoms with Crippen LogP contribution in [-0.2, 0) is 0 Å². The number of H-pyrrole nitrogens is 1. The van der Waals surface area contributed by atoms with Crippen LogP contribution in [0, 0.1) is 0 Å². The molecule has 0 saturated heterocycles. The van der Waals surface area contributed by atoms with Gasteiger partial charge in [0.1, 0.15) is 0 Å². The highest BCUT2D eigenvalue weighted by molar-refractivity contribution is 7.13. The molecular formula is C13H9N3O2S. The number of aromatic amines is 1. The van der Waals surface area contributed by atoms with Crippen molar-refractivity contribution in [3.05, 3.63) is 51.6 Å². The number of carbonyl (C=O) groups is 1. The SMILES string of the molecule is NC(=O)c1cccc2c(=O)[nH]c(-c3cccs3)nc12. The van der Waals surface area contributed by atoms with Crippen molar-refractivity contribution in [1.82, 2.24) is 9.97 Å². The number of nitrogens with two attached hydrogens (primary N) is 1. The molecule has 3 rings (SSSR count). The molecule has 6 heteroatoms. The maximum atomic E-state index is 12.0. The van der Waals surface area contributed by atoms with Crippen LogP contribution in [0.4, 0.5) is 0 Å².